The molecule has 0 bridgehead atoms. The lowest BCUT2D eigenvalue weighted by Crippen LogP contribution is -2.43. The molecular weight excluding hydrogens is 366 g/mol. The van der Waals surface area contributed by atoms with E-state index in [4.69, 9.17) is 4.74 Å². The fraction of sp³-hybridized carbons (Fsp3) is 0.263. The minimum absolute atomic E-state index is 0.179. The Hall–Kier alpha value is -2.87. The molecule has 0 unspecified atom stereocenters. The number of benzene rings is 2. The Labute approximate surface area is 157 Å². The number of amides is 1. The number of nitrogens with one attached hydrogen (secondary N) is 1. The number of fused-ring (bicyclic) bond motifs is 1. The molecule has 27 heavy (non-hydrogen) atoms. The lowest BCUT2D eigenvalue weighted by molar-refractivity contribution is -0.119. The van der Waals surface area contributed by atoms with Gasteiger partial charge in [0.05, 0.1) is 7.11 Å². The van der Waals surface area contributed by atoms with Gasteiger partial charge in [-0.15, -0.1) is 4.40 Å². The van der Waals surface area contributed by atoms with Crippen LogP contribution in [0.25, 0.3) is 0 Å². The number of carbonyl (C=O) groups is 1. The van der Waals surface area contributed by atoms with Gasteiger partial charge in [0.2, 0.25) is 5.91 Å². The van der Waals surface area contributed by atoms with Gasteiger partial charge in [0, 0.05) is 17.8 Å². The zero-order chi connectivity index (χ0) is 19.0. The molecule has 1 atom stereocenters. The summed E-state index contributed by atoms with van der Waals surface area (Å²) in [6.07, 6.45) is 1.44. The zero-order valence-electron chi connectivity index (χ0n) is 14.8. The Morgan fingerprint density at radius 3 is 2.67 bits per heavy atom. The molecule has 2 aromatic rings. The molecule has 1 N–H and O–H groups in total. The van der Waals surface area contributed by atoms with Crippen LogP contribution in [-0.4, -0.2) is 44.8 Å². The van der Waals surface area contributed by atoms with Crippen molar-refractivity contribution in [2.24, 2.45) is 4.40 Å². The highest BCUT2D eigenvalue weighted by atomic mass is 32.2. The van der Waals surface area contributed by atoms with E-state index in [9.17, 15) is 13.2 Å². The Balaban J connectivity index is 1.58. The van der Waals surface area contributed by atoms with Gasteiger partial charge >= 0.3 is 0 Å². The fourth-order valence-electron chi connectivity index (χ4n) is 3.49. The summed E-state index contributed by atoms with van der Waals surface area (Å²) in [7, 11) is -2.13. The van der Waals surface area contributed by atoms with Gasteiger partial charge in [-0.3, -0.25) is 4.79 Å². The van der Waals surface area contributed by atoms with E-state index in [2.05, 4.69) is 9.71 Å². The van der Waals surface area contributed by atoms with Crippen LogP contribution in [-0.2, 0) is 14.8 Å². The number of hydrogen-bond acceptors (Lipinski definition) is 5. The van der Waals surface area contributed by atoms with Gasteiger partial charge in [-0.05, 0) is 49.2 Å². The lowest BCUT2D eigenvalue weighted by Gasteiger charge is -2.25. The minimum atomic E-state index is -3.71. The third-order valence-corrected chi connectivity index (χ3v) is 6.12. The molecule has 0 spiro atoms. The molecule has 8 heteroatoms. The van der Waals surface area contributed by atoms with Gasteiger partial charge in [0.25, 0.3) is 10.0 Å². The normalized spacial score (nSPS) is 20.1. The largest absolute Gasteiger partial charge is 0.497 e. The first-order valence-electron chi connectivity index (χ1n) is 8.65. The monoisotopic (exact) mass is 385 g/mol. The van der Waals surface area contributed by atoms with Crippen LogP contribution in [0.1, 0.15) is 18.4 Å². The highest BCUT2D eigenvalue weighted by molar-refractivity contribution is 7.90. The van der Waals surface area contributed by atoms with E-state index in [-0.39, 0.29) is 10.8 Å². The number of likely N-dealkylation sites (tertiary alicyclic amines) is 1. The number of anilines is 1. The van der Waals surface area contributed by atoms with Gasteiger partial charge in [-0.25, -0.2) is 0 Å². The maximum Gasteiger partial charge on any atom is 0.285 e. The van der Waals surface area contributed by atoms with Crippen LogP contribution < -0.4 is 10.1 Å². The maximum absolute atomic E-state index is 12.8. The molecule has 2 aliphatic heterocycles. The van der Waals surface area contributed by atoms with Crippen LogP contribution in [0.15, 0.2) is 57.8 Å². The lowest BCUT2D eigenvalue weighted by atomic mass is 10.1. The fourth-order valence-corrected chi connectivity index (χ4v) is 4.71. The summed E-state index contributed by atoms with van der Waals surface area (Å²) in [6, 6.07) is 13.3. The second-order valence-electron chi connectivity index (χ2n) is 6.46. The van der Waals surface area contributed by atoms with Gasteiger partial charge < -0.3 is 15.0 Å². The van der Waals surface area contributed by atoms with Crippen molar-refractivity contribution in [1.29, 1.82) is 0 Å². The summed E-state index contributed by atoms with van der Waals surface area (Å²) in [5.41, 5.74) is 1.22. The van der Waals surface area contributed by atoms with Crippen LogP contribution in [0.3, 0.4) is 0 Å². The molecule has 0 radical (unpaired) electrons. The summed E-state index contributed by atoms with van der Waals surface area (Å²) in [4.78, 5) is 14.8. The number of hydrogen-bond donors (Lipinski definition) is 1. The summed E-state index contributed by atoms with van der Waals surface area (Å²) in [6.45, 7) is 0.587. The smallest absolute Gasteiger partial charge is 0.285 e. The number of carbonyl (C=O) groups excluding carboxylic acids is 1. The van der Waals surface area contributed by atoms with Crippen molar-refractivity contribution in [3.63, 3.8) is 0 Å². The molecule has 0 aliphatic carbocycles. The zero-order valence-corrected chi connectivity index (χ0v) is 15.6. The average molecular weight is 385 g/mol. The molecule has 2 aliphatic rings. The number of rotatable bonds is 3. The van der Waals surface area contributed by atoms with Crippen molar-refractivity contribution in [1.82, 2.24) is 4.90 Å². The van der Waals surface area contributed by atoms with E-state index in [0.29, 0.717) is 35.8 Å². The molecule has 2 heterocycles. The standard InChI is InChI=1S/C19H19N3O4S/c1-26-14-10-8-13(9-11-14)20-19(23)16-6-4-12-22(16)18-15-5-2-3-7-17(15)27(24,25)21-18/h2-3,5,7-11,16H,4,6,12H2,1H3,(H,20,23)/t16-/m0/s1. The maximum atomic E-state index is 12.8. The highest BCUT2D eigenvalue weighted by Gasteiger charge is 2.39. The highest BCUT2D eigenvalue weighted by Crippen LogP contribution is 2.31. The Morgan fingerprint density at radius 2 is 1.93 bits per heavy atom. The van der Waals surface area contributed by atoms with E-state index in [1.165, 1.54) is 0 Å². The molecular formula is C19H19N3O4S. The van der Waals surface area contributed by atoms with Crippen LogP contribution in [0, 0.1) is 0 Å². The minimum Gasteiger partial charge on any atom is -0.497 e. The van der Waals surface area contributed by atoms with Crippen molar-refractivity contribution in [2.75, 3.05) is 19.0 Å². The first-order chi connectivity index (χ1) is 13.0. The molecule has 0 saturated carbocycles. The predicted octanol–water partition coefficient (Wildman–Crippen LogP) is 2.25. The molecule has 0 aromatic heterocycles. The molecule has 4 rings (SSSR count). The second kappa shape index (κ2) is 6.70. The summed E-state index contributed by atoms with van der Waals surface area (Å²) in [5, 5.41) is 2.89. The number of ether oxygens (including phenoxy) is 1. The van der Waals surface area contributed by atoms with E-state index >= 15 is 0 Å². The summed E-state index contributed by atoms with van der Waals surface area (Å²) >= 11 is 0. The second-order valence-corrected chi connectivity index (χ2v) is 8.03. The van der Waals surface area contributed by atoms with Gasteiger partial charge in [0.15, 0.2) is 5.84 Å². The van der Waals surface area contributed by atoms with Crippen LogP contribution in [0.5, 0.6) is 5.75 Å². The quantitative estimate of drug-likeness (QED) is 0.876. The van der Waals surface area contributed by atoms with Gasteiger partial charge in [-0.2, -0.15) is 8.42 Å². The molecule has 1 saturated heterocycles. The third-order valence-electron chi connectivity index (χ3n) is 4.80. The van der Waals surface area contributed by atoms with Gasteiger partial charge in [-0.1, -0.05) is 12.1 Å². The number of nitrogens with zero attached hydrogens (tertiary/aromatic N) is 2. The van der Waals surface area contributed by atoms with E-state index in [0.717, 1.165) is 6.42 Å². The Morgan fingerprint density at radius 1 is 1.19 bits per heavy atom. The predicted molar refractivity (Wildman–Crippen MR) is 102 cm³/mol. The van der Waals surface area contributed by atoms with Crippen molar-refractivity contribution in [3.8, 4) is 5.75 Å². The van der Waals surface area contributed by atoms with Crippen molar-refractivity contribution >= 4 is 27.5 Å². The van der Waals surface area contributed by atoms with E-state index < -0.39 is 16.1 Å². The van der Waals surface area contributed by atoms with E-state index in [1.54, 1.807) is 60.5 Å². The first kappa shape index (κ1) is 17.5. The molecule has 1 amide bonds. The van der Waals surface area contributed by atoms with Crippen LogP contribution in [0.4, 0.5) is 5.69 Å². The Bertz CT molecular complexity index is 1020. The van der Waals surface area contributed by atoms with Crippen molar-refractivity contribution in [3.05, 3.63) is 54.1 Å². The molecule has 1 fully saturated rings. The number of methoxy groups -OCH3 is 1. The average Bonchev–Trinajstić information content (AvgIpc) is 3.25. The first-order valence-corrected chi connectivity index (χ1v) is 10.1. The topological polar surface area (TPSA) is 88.1 Å². The summed E-state index contributed by atoms with van der Waals surface area (Å²) in [5.74, 6) is 0.887. The van der Waals surface area contributed by atoms with Crippen LogP contribution >= 0.6 is 0 Å². The van der Waals surface area contributed by atoms with Crippen molar-refractivity contribution in [2.45, 2.75) is 23.8 Å². The Kier molecular flexibility index (Phi) is 4.35. The number of sulfonamides is 1. The summed E-state index contributed by atoms with van der Waals surface area (Å²) < 4.78 is 33.7. The molecule has 2 aromatic carbocycles. The third kappa shape index (κ3) is 3.16. The molecule has 140 valence electrons. The van der Waals surface area contributed by atoms with Crippen molar-refractivity contribution < 1.29 is 17.9 Å². The molecule has 7 nitrogen and oxygen atoms in total. The SMILES string of the molecule is COc1ccc(NC(=O)[C@@H]2CCCN2C2=NS(=O)(=O)c3ccccc32)cc1. The van der Waals surface area contributed by atoms with Crippen LogP contribution in [0.2, 0.25) is 0 Å². The number of amidine groups is 1. The van der Waals surface area contributed by atoms with Gasteiger partial charge in [0.1, 0.15) is 16.7 Å². The van der Waals surface area contributed by atoms with E-state index in [1.807, 2.05) is 0 Å².